The maximum atomic E-state index is 12.3. The molecule has 0 radical (unpaired) electrons. The number of H-pyrrole nitrogens is 1. The summed E-state index contributed by atoms with van der Waals surface area (Å²) in [7, 11) is 0. The van der Waals surface area contributed by atoms with E-state index in [0.29, 0.717) is 6.42 Å². The van der Waals surface area contributed by atoms with Gasteiger partial charge in [0.2, 0.25) is 0 Å². The summed E-state index contributed by atoms with van der Waals surface area (Å²) in [4.78, 5) is 23.3. The number of benzene rings is 2. The number of carboxylic acids is 1. The zero-order valence-corrected chi connectivity index (χ0v) is 15.1. The first kappa shape index (κ1) is 19.3. The number of carbonyl (C=O) groups excluding carboxylic acids is 1. The highest BCUT2D eigenvalue weighted by Crippen LogP contribution is 2.20. The van der Waals surface area contributed by atoms with Crippen molar-refractivity contribution in [2.45, 2.75) is 25.0 Å². The number of rotatable bonds is 8. The highest BCUT2D eigenvalue weighted by atomic mass is 16.4. The summed E-state index contributed by atoms with van der Waals surface area (Å²) in [6.07, 6.45) is 0.243. The molecule has 144 valence electrons. The Morgan fingerprint density at radius 3 is 2.29 bits per heavy atom. The molecule has 3 rings (SSSR count). The number of nitrogens with one attached hydrogen (secondary N) is 2. The van der Waals surface area contributed by atoms with Gasteiger partial charge in [0, 0.05) is 18.7 Å². The second kappa shape index (κ2) is 8.96. The summed E-state index contributed by atoms with van der Waals surface area (Å²) in [6, 6.07) is 18.7. The van der Waals surface area contributed by atoms with Gasteiger partial charge in [-0.15, -0.1) is 0 Å². The summed E-state index contributed by atoms with van der Waals surface area (Å²) in [5.41, 5.74) is 3.28. The third kappa shape index (κ3) is 5.05. The number of aliphatic hydroxyl groups is 1. The number of aromatic nitrogens is 2. The van der Waals surface area contributed by atoms with Gasteiger partial charge in [0.1, 0.15) is 5.69 Å². The molecule has 0 spiro atoms. The van der Waals surface area contributed by atoms with Crippen LogP contribution in [-0.2, 0) is 11.2 Å². The van der Waals surface area contributed by atoms with Gasteiger partial charge in [-0.3, -0.25) is 9.89 Å². The van der Waals surface area contributed by atoms with Crippen LogP contribution in [0.2, 0.25) is 0 Å². The van der Waals surface area contributed by atoms with E-state index in [1.165, 1.54) is 12.3 Å². The molecule has 7 heteroatoms. The van der Waals surface area contributed by atoms with Crippen LogP contribution in [0.15, 0.2) is 66.9 Å². The van der Waals surface area contributed by atoms with Crippen LogP contribution in [0.5, 0.6) is 0 Å². The molecule has 0 saturated carbocycles. The number of carbonyl (C=O) groups is 2. The van der Waals surface area contributed by atoms with E-state index in [1.807, 2.05) is 54.6 Å². The minimum absolute atomic E-state index is 0.105. The SMILES string of the molecule is O=C(NC(Cc1ccc(-c2ccccc2)cc1)CC(O)C(=O)O)c1cc[nH]n1. The molecular weight excluding hydrogens is 358 g/mol. The summed E-state index contributed by atoms with van der Waals surface area (Å²) in [5, 5.41) is 27.9. The molecule has 3 aromatic rings. The standard InChI is InChI=1S/C21H21N3O4/c25-19(21(27)28)13-17(23-20(26)18-10-11-22-24-18)12-14-6-8-16(9-7-14)15-4-2-1-3-5-15/h1-11,17,19,25H,12-13H2,(H,22,24)(H,23,26)(H,27,28). The van der Waals surface area contributed by atoms with E-state index in [-0.39, 0.29) is 12.1 Å². The topological polar surface area (TPSA) is 115 Å². The lowest BCUT2D eigenvalue weighted by Crippen LogP contribution is -2.40. The van der Waals surface area contributed by atoms with Gasteiger partial charge in [-0.05, 0) is 29.2 Å². The van der Waals surface area contributed by atoms with Gasteiger partial charge in [-0.1, -0.05) is 54.6 Å². The van der Waals surface area contributed by atoms with Crippen LogP contribution < -0.4 is 5.32 Å². The van der Waals surface area contributed by atoms with Gasteiger partial charge in [0.05, 0.1) is 0 Å². The summed E-state index contributed by atoms with van der Waals surface area (Å²) in [6.45, 7) is 0. The number of hydrogen-bond donors (Lipinski definition) is 4. The van der Waals surface area contributed by atoms with Crippen LogP contribution in [0.4, 0.5) is 0 Å². The molecule has 0 aliphatic carbocycles. The first-order chi connectivity index (χ1) is 13.5. The van der Waals surface area contributed by atoms with Crippen molar-refractivity contribution in [2.24, 2.45) is 0 Å². The molecule has 0 fully saturated rings. The lowest BCUT2D eigenvalue weighted by atomic mass is 9.97. The lowest BCUT2D eigenvalue weighted by molar-refractivity contribution is -0.147. The van der Waals surface area contributed by atoms with E-state index in [0.717, 1.165) is 16.7 Å². The molecule has 0 saturated heterocycles. The van der Waals surface area contributed by atoms with Gasteiger partial charge < -0.3 is 15.5 Å². The number of carboxylic acid groups (broad SMARTS) is 1. The Balaban J connectivity index is 1.72. The van der Waals surface area contributed by atoms with Gasteiger partial charge in [-0.2, -0.15) is 5.10 Å². The third-order valence-electron chi connectivity index (χ3n) is 4.40. The number of nitrogens with zero attached hydrogens (tertiary/aromatic N) is 1. The van der Waals surface area contributed by atoms with Crippen molar-refractivity contribution in [3.63, 3.8) is 0 Å². The summed E-state index contributed by atoms with van der Waals surface area (Å²) in [5.74, 6) is -1.75. The molecule has 0 bridgehead atoms. The Morgan fingerprint density at radius 1 is 1.00 bits per heavy atom. The number of aliphatic carboxylic acids is 1. The number of aromatic amines is 1. The number of aliphatic hydroxyl groups excluding tert-OH is 1. The molecule has 28 heavy (non-hydrogen) atoms. The largest absolute Gasteiger partial charge is 0.479 e. The molecule has 7 nitrogen and oxygen atoms in total. The highest BCUT2D eigenvalue weighted by Gasteiger charge is 2.23. The molecule has 1 heterocycles. The maximum absolute atomic E-state index is 12.3. The van der Waals surface area contributed by atoms with Crippen LogP contribution in [-0.4, -0.2) is 44.4 Å². The normalized spacial score (nSPS) is 12.9. The van der Waals surface area contributed by atoms with Crippen molar-refractivity contribution in [2.75, 3.05) is 0 Å². The Labute approximate surface area is 162 Å². The van der Waals surface area contributed by atoms with Crippen molar-refractivity contribution in [1.29, 1.82) is 0 Å². The van der Waals surface area contributed by atoms with E-state index in [1.54, 1.807) is 0 Å². The summed E-state index contributed by atoms with van der Waals surface area (Å²) >= 11 is 0. The fraction of sp³-hybridized carbons (Fsp3) is 0.190. The van der Waals surface area contributed by atoms with E-state index < -0.39 is 24.0 Å². The Hall–Kier alpha value is -3.45. The Morgan fingerprint density at radius 2 is 1.68 bits per heavy atom. The minimum atomic E-state index is -1.56. The Kier molecular flexibility index (Phi) is 6.18. The monoisotopic (exact) mass is 379 g/mol. The van der Waals surface area contributed by atoms with Gasteiger partial charge in [0.15, 0.2) is 6.10 Å². The second-order valence-corrected chi connectivity index (χ2v) is 6.49. The van der Waals surface area contributed by atoms with Crippen molar-refractivity contribution in [1.82, 2.24) is 15.5 Å². The molecule has 2 atom stereocenters. The average molecular weight is 379 g/mol. The number of amides is 1. The molecule has 4 N–H and O–H groups in total. The fourth-order valence-corrected chi connectivity index (χ4v) is 2.96. The number of hydrogen-bond acceptors (Lipinski definition) is 4. The van der Waals surface area contributed by atoms with E-state index >= 15 is 0 Å². The first-order valence-corrected chi connectivity index (χ1v) is 8.89. The average Bonchev–Trinajstić information content (AvgIpc) is 3.24. The van der Waals surface area contributed by atoms with Crippen molar-refractivity contribution in [3.05, 3.63) is 78.1 Å². The Bertz CT molecular complexity index is 909. The molecule has 0 aliphatic rings. The molecule has 0 aliphatic heterocycles. The second-order valence-electron chi connectivity index (χ2n) is 6.49. The van der Waals surface area contributed by atoms with Crippen LogP contribution in [0.25, 0.3) is 11.1 Å². The lowest BCUT2D eigenvalue weighted by Gasteiger charge is -2.20. The zero-order valence-electron chi connectivity index (χ0n) is 15.1. The summed E-state index contributed by atoms with van der Waals surface area (Å²) < 4.78 is 0. The van der Waals surface area contributed by atoms with E-state index in [4.69, 9.17) is 5.11 Å². The van der Waals surface area contributed by atoms with Crippen molar-refractivity contribution in [3.8, 4) is 11.1 Å². The fourth-order valence-electron chi connectivity index (χ4n) is 2.96. The van der Waals surface area contributed by atoms with Gasteiger partial charge >= 0.3 is 5.97 Å². The molecule has 1 amide bonds. The van der Waals surface area contributed by atoms with Crippen LogP contribution >= 0.6 is 0 Å². The van der Waals surface area contributed by atoms with E-state index in [2.05, 4.69) is 15.5 Å². The highest BCUT2D eigenvalue weighted by molar-refractivity contribution is 5.92. The van der Waals surface area contributed by atoms with Gasteiger partial charge in [-0.25, -0.2) is 4.79 Å². The predicted molar refractivity (Wildman–Crippen MR) is 104 cm³/mol. The smallest absolute Gasteiger partial charge is 0.332 e. The maximum Gasteiger partial charge on any atom is 0.332 e. The van der Waals surface area contributed by atoms with Crippen LogP contribution in [0, 0.1) is 0 Å². The van der Waals surface area contributed by atoms with Crippen LogP contribution in [0.1, 0.15) is 22.5 Å². The minimum Gasteiger partial charge on any atom is -0.479 e. The first-order valence-electron chi connectivity index (χ1n) is 8.89. The van der Waals surface area contributed by atoms with Crippen molar-refractivity contribution < 1.29 is 19.8 Å². The van der Waals surface area contributed by atoms with Crippen LogP contribution in [0.3, 0.4) is 0 Å². The predicted octanol–water partition coefficient (Wildman–Crippen LogP) is 2.25. The quantitative estimate of drug-likeness (QED) is 0.479. The molecule has 2 aromatic carbocycles. The zero-order chi connectivity index (χ0) is 19.9. The molecular formula is C21H21N3O4. The molecule has 1 aromatic heterocycles. The van der Waals surface area contributed by atoms with Gasteiger partial charge in [0.25, 0.3) is 5.91 Å². The third-order valence-corrected chi connectivity index (χ3v) is 4.40. The molecule has 2 unspecified atom stereocenters. The van der Waals surface area contributed by atoms with E-state index in [9.17, 15) is 14.7 Å². The van der Waals surface area contributed by atoms with Crippen molar-refractivity contribution >= 4 is 11.9 Å².